The third kappa shape index (κ3) is 2.35. The van der Waals surface area contributed by atoms with Crippen LogP contribution in [0, 0.1) is 11.7 Å². The summed E-state index contributed by atoms with van der Waals surface area (Å²) in [7, 11) is 0. The zero-order valence-corrected chi connectivity index (χ0v) is 10.3. The van der Waals surface area contributed by atoms with Gasteiger partial charge >= 0.3 is 5.97 Å². The van der Waals surface area contributed by atoms with Gasteiger partial charge in [-0.25, -0.2) is 4.79 Å². The van der Waals surface area contributed by atoms with Gasteiger partial charge in [0.15, 0.2) is 0 Å². The van der Waals surface area contributed by atoms with Gasteiger partial charge in [0, 0.05) is 5.56 Å². The number of hydrogen-bond donors (Lipinski definition) is 2. The number of hydrogen-bond acceptors (Lipinski definition) is 4. The summed E-state index contributed by atoms with van der Waals surface area (Å²) in [6, 6.07) is 6.60. The van der Waals surface area contributed by atoms with E-state index in [4.69, 9.17) is 17.3 Å². The summed E-state index contributed by atoms with van der Waals surface area (Å²) in [4.78, 5) is 11.0. The fourth-order valence-electron chi connectivity index (χ4n) is 1.43. The lowest BCUT2D eigenvalue weighted by atomic mass is 10.1. The van der Waals surface area contributed by atoms with Crippen LogP contribution in [-0.2, 0) is 0 Å². The molecule has 0 saturated carbocycles. The topological polar surface area (TPSA) is 83.3 Å². The molecule has 0 radical (unpaired) electrons. The number of nitrogens with zero attached hydrogens (tertiary/aromatic N) is 3. The Labute approximate surface area is 108 Å². The van der Waals surface area contributed by atoms with Crippen molar-refractivity contribution in [2.75, 3.05) is 0 Å². The minimum atomic E-state index is -0.996. The number of carboxylic acids is 1. The number of carbonyl (C=O) groups is 1. The molecule has 0 aliphatic heterocycles. The van der Waals surface area contributed by atoms with Crippen LogP contribution in [0.15, 0.2) is 29.4 Å². The number of nitrogens with one attached hydrogen (secondary N) is 1. The number of aromatic amines is 1. The predicted molar refractivity (Wildman–Crippen MR) is 68.5 cm³/mol. The summed E-state index contributed by atoms with van der Waals surface area (Å²) < 4.78 is 1.78. The molecule has 0 aliphatic rings. The van der Waals surface area contributed by atoms with Gasteiger partial charge in [0.25, 0.3) is 0 Å². The van der Waals surface area contributed by atoms with E-state index in [1.807, 2.05) is 0 Å². The van der Waals surface area contributed by atoms with E-state index >= 15 is 0 Å². The molecule has 2 N–H and O–H groups in total. The lowest BCUT2D eigenvalue weighted by Gasteiger charge is -1.99. The highest BCUT2D eigenvalue weighted by Gasteiger charge is 2.07. The fraction of sp³-hybridized carbons (Fsp3) is 0.0909. The van der Waals surface area contributed by atoms with Gasteiger partial charge in [-0.3, -0.25) is 5.10 Å². The number of H-pyrrole nitrogens is 1. The molecule has 0 bridgehead atoms. The van der Waals surface area contributed by atoms with E-state index in [0.29, 0.717) is 16.2 Å². The quantitative estimate of drug-likeness (QED) is 0.653. The highest BCUT2D eigenvalue weighted by Crippen LogP contribution is 2.06. The van der Waals surface area contributed by atoms with Gasteiger partial charge in [-0.15, -0.1) is 0 Å². The zero-order valence-electron chi connectivity index (χ0n) is 9.49. The van der Waals surface area contributed by atoms with Crippen molar-refractivity contribution in [1.82, 2.24) is 14.9 Å². The summed E-state index contributed by atoms with van der Waals surface area (Å²) in [6.07, 6.45) is 1.45. The van der Waals surface area contributed by atoms with Crippen molar-refractivity contribution in [3.63, 3.8) is 0 Å². The van der Waals surface area contributed by atoms with Gasteiger partial charge in [0.2, 0.25) is 4.77 Å². The molecular formula is C11H10N4O2S. The van der Waals surface area contributed by atoms with Crippen LogP contribution >= 0.6 is 12.2 Å². The first-order valence-corrected chi connectivity index (χ1v) is 5.51. The van der Waals surface area contributed by atoms with Crippen LogP contribution in [0.5, 0.6) is 0 Å². The molecule has 0 saturated heterocycles. The first-order chi connectivity index (χ1) is 8.59. The number of aryl methyl sites for hydroxylation is 1. The molecule has 7 heteroatoms. The summed E-state index contributed by atoms with van der Waals surface area (Å²) in [5.74, 6) is -0.395. The van der Waals surface area contributed by atoms with Crippen molar-refractivity contribution in [2.45, 2.75) is 6.92 Å². The van der Waals surface area contributed by atoms with Gasteiger partial charge in [0.05, 0.1) is 11.8 Å². The van der Waals surface area contributed by atoms with Crippen LogP contribution in [0.1, 0.15) is 21.7 Å². The normalized spacial score (nSPS) is 10.9. The molecule has 0 fully saturated rings. The van der Waals surface area contributed by atoms with E-state index in [-0.39, 0.29) is 5.56 Å². The minimum Gasteiger partial charge on any atom is -0.478 e. The third-order valence-electron chi connectivity index (χ3n) is 2.32. The molecule has 0 unspecified atom stereocenters. The Morgan fingerprint density at radius 3 is 2.89 bits per heavy atom. The van der Waals surface area contributed by atoms with E-state index in [0.717, 1.165) is 0 Å². The monoisotopic (exact) mass is 262 g/mol. The summed E-state index contributed by atoms with van der Waals surface area (Å²) in [5, 5.41) is 19.6. The molecular weight excluding hydrogens is 252 g/mol. The van der Waals surface area contributed by atoms with Crippen LogP contribution in [-0.4, -0.2) is 32.2 Å². The molecule has 2 aromatic rings. The van der Waals surface area contributed by atoms with Crippen molar-refractivity contribution < 1.29 is 9.90 Å². The highest BCUT2D eigenvalue weighted by atomic mass is 32.1. The second kappa shape index (κ2) is 4.92. The van der Waals surface area contributed by atoms with Crippen molar-refractivity contribution in [1.29, 1.82) is 0 Å². The van der Waals surface area contributed by atoms with Crippen molar-refractivity contribution in [2.24, 2.45) is 5.10 Å². The number of aromatic carboxylic acids is 1. The Morgan fingerprint density at radius 2 is 2.28 bits per heavy atom. The summed E-state index contributed by atoms with van der Waals surface area (Å²) in [6.45, 7) is 1.74. The first kappa shape index (κ1) is 12.2. The van der Waals surface area contributed by atoms with Crippen LogP contribution in [0.25, 0.3) is 0 Å². The first-order valence-electron chi connectivity index (χ1n) is 5.10. The lowest BCUT2D eigenvalue weighted by Crippen LogP contribution is -2.02. The number of aromatic nitrogens is 3. The molecule has 0 spiro atoms. The largest absolute Gasteiger partial charge is 0.478 e. The Bertz CT molecular complexity index is 672. The van der Waals surface area contributed by atoms with Crippen LogP contribution in [0.3, 0.4) is 0 Å². The van der Waals surface area contributed by atoms with Crippen LogP contribution in [0.4, 0.5) is 0 Å². The maximum Gasteiger partial charge on any atom is 0.336 e. The molecule has 0 aliphatic carbocycles. The molecule has 1 aromatic heterocycles. The minimum absolute atomic E-state index is 0.189. The summed E-state index contributed by atoms with van der Waals surface area (Å²) in [5.41, 5.74) is 0.696. The molecule has 0 amide bonds. The maximum absolute atomic E-state index is 11.0. The van der Waals surface area contributed by atoms with E-state index in [1.54, 1.807) is 25.1 Å². The standard InChI is InChI=1S/C11H10N4O2S/c1-7-13-14-11(18)15(7)12-6-8-4-2-3-5-9(8)10(16)17/h2-6H,1H3,(H,14,18)(H,16,17)/b12-6-. The Kier molecular flexibility index (Phi) is 3.33. The number of rotatable bonds is 3. The number of benzene rings is 1. The molecule has 92 valence electrons. The van der Waals surface area contributed by atoms with Gasteiger partial charge in [-0.2, -0.15) is 14.9 Å². The van der Waals surface area contributed by atoms with Gasteiger partial charge in [0.1, 0.15) is 5.82 Å². The van der Waals surface area contributed by atoms with Crippen molar-refractivity contribution >= 4 is 24.4 Å². The summed E-state index contributed by atoms with van der Waals surface area (Å²) >= 11 is 4.99. The maximum atomic E-state index is 11.0. The molecule has 1 aromatic carbocycles. The van der Waals surface area contributed by atoms with E-state index in [2.05, 4.69) is 15.3 Å². The second-order valence-electron chi connectivity index (χ2n) is 3.52. The molecule has 6 nitrogen and oxygen atoms in total. The van der Waals surface area contributed by atoms with Crippen molar-refractivity contribution in [3.8, 4) is 0 Å². The lowest BCUT2D eigenvalue weighted by molar-refractivity contribution is 0.0697. The molecule has 0 atom stereocenters. The van der Waals surface area contributed by atoms with Gasteiger partial charge in [-0.1, -0.05) is 18.2 Å². The molecule has 2 rings (SSSR count). The van der Waals surface area contributed by atoms with Gasteiger partial charge < -0.3 is 5.11 Å². The van der Waals surface area contributed by atoms with Crippen molar-refractivity contribution in [3.05, 3.63) is 46.0 Å². The fourth-order valence-corrected chi connectivity index (χ4v) is 1.66. The third-order valence-corrected chi connectivity index (χ3v) is 2.58. The average Bonchev–Trinajstić information content (AvgIpc) is 2.67. The highest BCUT2D eigenvalue weighted by molar-refractivity contribution is 7.71. The average molecular weight is 262 g/mol. The predicted octanol–water partition coefficient (Wildman–Crippen LogP) is 1.83. The SMILES string of the molecule is Cc1n[nH]c(=S)n1/N=C\c1ccccc1C(=O)O. The van der Waals surface area contributed by atoms with E-state index in [1.165, 1.54) is 17.0 Å². The Morgan fingerprint density at radius 1 is 1.56 bits per heavy atom. The molecule has 1 heterocycles. The second-order valence-corrected chi connectivity index (χ2v) is 3.91. The number of carboxylic acid groups (broad SMARTS) is 1. The van der Waals surface area contributed by atoms with E-state index in [9.17, 15) is 4.79 Å². The van der Waals surface area contributed by atoms with E-state index < -0.39 is 5.97 Å². The van der Waals surface area contributed by atoms with Crippen LogP contribution in [0.2, 0.25) is 0 Å². The van der Waals surface area contributed by atoms with Crippen LogP contribution < -0.4 is 0 Å². The zero-order chi connectivity index (χ0) is 13.1. The van der Waals surface area contributed by atoms with Gasteiger partial charge in [-0.05, 0) is 25.2 Å². The molecule has 18 heavy (non-hydrogen) atoms. The smallest absolute Gasteiger partial charge is 0.336 e. The Balaban J connectivity index is 2.41. The Hall–Kier alpha value is -2.28.